The van der Waals surface area contributed by atoms with Gasteiger partial charge in [0.1, 0.15) is 17.2 Å². The summed E-state index contributed by atoms with van der Waals surface area (Å²) in [4.78, 5) is 49.2. The first-order chi connectivity index (χ1) is 21.8. The van der Waals surface area contributed by atoms with Gasteiger partial charge in [0, 0.05) is 53.8 Å². The van der Waals surface area contributed by atoms with Gasteiger partial charge in [-0.15, -0.1) is 0 Å². The number of benzene rings is 3. The van der Waals surface area contributed by atoms with Crippen molar-refractivity contribution in [2.75, 3.05) is 6.54 Å². The molecule has 3 N–H and O–H groups in total. The van der Waals surface area contributed by atoms with Crippen molar-refractivity contribution in [2.45, 2.75) is 57.9 Å². The SMILES string of the molecule is Cc1c(CCC(=O)NCCCCCC(=O)N[C@@H](Cc2ccccc2)C(=O)O)c(=O)oc2cc3occ(-c4ccccc4)c3cc12. The molecule has 45 heavy (non-hydrogen) atoms. The van der Waals surface area contributed by atoms with Gasteiger partial charge in [-0.25, -0.2) is 9.59 Å². The molecule has 232 valence electrons. The summed E-state index contributed by atoms with van der Waals surface area (Å²) < 4.78 is 11.4. The van der Waals surface area contributed by atoms with Crippen molar-refractivity contribution in [2.24, 2.45) is 0 Å². The van der Waals surface area contributed by atoms with E-state index in [1.807, 2.05) is 73.7 Å². The van der Waals surface area contributed by atoms with Crippen LogP contribution in [0.2, 0.25) is 0 Å². The number of carbonyl (C=O) groups is 3. The minimum Gasteiger partial charge on any atom is -0.480 e. The van der Waals surface area contributed by atoms with Crippen LogP contribution in [0, 0.1) is 6.92 Å². The quantitative estimate of drug-likeness (QED) is 0.105. The second-order valence-corrected chi connectivity index (χ2v) is 11.2. The van der Waals surface area contributed by atoms with E-state index >= 15 is 0 Å². The highest BCUT2D eigenvalue weighted by Gasteiger charge is 2.20. The van der Waals surface area contributed by atoms with E-state index in [0.29, 0.717) is 42.5 Å². The van der Waals surface area contributed by atoms with E-state index in [4.69, 9.17) is 8.83 Å². The molecule has 0 aliphatic heterocycles. The van der Waals surface area contributed by atoms with Crippen LogP contribution < -0.4 is 16.3 Å². The van der Waals surface area contributed by atoms with Crippen molar-refractivity contribution in [3.63, 3.8) is 0 Å². The zero-order chi connectivity index (χ0) is 31.8. The fraction of sp³-hybridized carbons (Fsp3) is 0.278. The summed E-state index contributed by atoms with van der Waals surface area (Å²) >= 11 is 0. The van der Waals surface area contributed by atoms with Crippen LogP contribution in [0.1, 0.15) is 48.8 Å². The molecule has 9 nitrogen and oxygen atoms in total. The van der Waals surface area contributed by atoms with Gasteiger partial charge in [0.05, 0.1) is 6.26 Å². The molecule has 2 heterocycles. The molecule has 0 unspecified atom stereocenters. The summed E-state index contributed by atoms with van der Waals surface area (Å²) in [7, 11) is 0. The fourth-order valence-electron chi connectivity index (χ4n) is 5.50. The second kappa shape index (κ2) is 14.5. The normalized spacial score (nSPS) is 11.8. The first-order valence-corrected chi connectivity index (χ1v) is 15.2. The fourth-order valence-corrected chi connectivity index (χ4v) is 5.50. The summed E-state index contributed by atoms with van der Waals surface area (Å²) in [6, 6.07) is 21.8. The predicted molar refractivity (Wildman–Crippen MR) is 172 cm³/mol. The Morgan fingerprint density at radius 1 is 0.844 bits per heavy atom. The third-order valence-corrected chi connectivity index (χ3v) is 7.99. The molecule has 0 radical (unpaired) electrons. The number of unbranched alkanes of at least 4 members (excludes halogenated alkanes) is 2. The molecule has 2 aromatic heterocycles. The molecule has 0 saturated carbocycles. The van der Waals surface area contributed by atoms with E-state index in [9.17, 15) is 24.3 Å². The Hall–Kier alpha value is -5.18. The third kappa shape index (κ3) is 7.86. The number of hydrogen-bond acceptors (Lipinski definition) is 6. The first kappa shape index (κ1) is 31.3. The van der Waals surface area contributed by atoms with Crippen molar-refractivity contribution in [1.29, 1.82) is 0 Å². The number of amides is 2. The van der Waals surface area contributed by atoms with Crippen molar-refractivity contribution in [3.05, 3.63) is 106 Å². The van der Waals surface area contributed by atoms with Crippen LogP contribution >= 0.6 is 0 Å². The number of carbonyl (C=O) groups excluding carboxylic acids is 2. The molecule has 5 rings (SSSR count). The lowest BCUT2D eigenvalue weighted by Gasteiger charge is -2.14. The van der Waals surface area contributed by atoms with E-state index < -0.39 is 17.6 Å². The molecule has 2 amide bonds. The molecule has 0 bridgehead atoms. The van der Waals surface area contributed by atoms with Crippen LogP contribution in [-0.2, 0) is 27.2 Å². The second-order valence-electron chi connectivity index (χ2n) is 11.2. The molecule has 0 saturated heterocycles. The average molecular weight is 609 g/mol. The molecule has 0 aliphatic carbocycles. The van der Waals surface area contributed by atoms with E-state index in [0.717, 1.165) is 33.0 Å². The van der Waals surface area contributed by atoms with E-state index in [-0.39, 0.29) is 37.5 Å². The summed E-state index contributed by atoms with van der Waals surface area (Å²) in [5.41, 5.74) is 4.67. The van der Waals surface area contributed by atoms with Crippen molar-refractivity contribution in [3.8, 4) is 11.1 Å². The molecule has 0 fully saturated rings. The van der Waals surface area contributed by atoms with Gasteiger partial charge in [-0.1, -0.05) is 67.1 Å². The van der Waals surface area contributed by atoms with E-state index in [2.05, 4.69) is 10.6 Å². The zero-order valence-electron chi connectivity index (χ0n) is 25.1. The lowest BCUT2D eigenvalue weighted by atomic mass is 9.99. The van der Waals surface area contributed by atoms with Crippen LogP contribution in [0.3, 0.4) is 0 Å². The smallest absolute Gasteiger partial charge is 0.339 e. The number of fused-ring (bicyclic) bond motifs is 2. The highest BCUT2D eigenvalue weighted by Crippen LogP contribution is 2.34. The molecule has 5 aromatic rings. The maximum Gasteiger partial charge on any atom is 0.339 e. The topological polar surface area (TPSA) is 139 Å². The van der Waals surface area contributed by atoms with Crippen LogP contribution in [0.4, 0.5) is 0 Å². The Labute approximate surface area is 260 Å². The lowest BCUT2D eigenvalue weighted by Crippen LogP contribution is -2.42. The third-order valence-electron chi connectivity index (χ3n) is 7.99. The number of aryl methyl sites for hydroxylation is 1. The van der Waals surface area contributed by atoms with Crippen LogP contribution in [0.5, 0.6) is 0 Å². The Kier molecular flexibility index (Phi) is 10.1. The molecule has 0 spiro atoms. The molecule has 3 aromatic carbocycles. The van der Waals surface area contributed by atoms with Crippen molar-refractivity contribution in [1.82, 2.24) is 10.6 Å². The monoisotopic (exact) mass is 608 g/mol. The van der Waals surface area contributed by atoms with Gasteiger partial charge in [-0.3, -0.25) is 9.59 Å². The van der Waals surface area contributed by atoms with Gasteiger partial charge >= 0.3 is 11.6 Å². The summed E-state index contributed by atoms with van der Waals surface area (Å²) in [6.07, 6.45) is 4.47. The number of nitrogens with one attached hydrogen (secondary N) is 2. The number of carboxylic acid groups (broad SMARTS) is 1. The standard InChI is InChI=1S/C36H36N2O7/c1-23-26(36(43)45-32-21-31-28(20-27(23)32)29(22-44-31)25-13-7-3-8-14-25)16-17-33(39)37-18-10-4-9-15-34(40)38-30(35(41)42)19-24-11-5-2-6-12-24/h2-3,5-8,11-14,20-22,30H,4,9-10,15-19H2,1H3,(H,37,39)(H,38,40)(H,41,42)/t30-/m0/s1. The number of rotatable bonds is 14. The predicted octanol–water partition coefficient (Wildman–Crippen LogP) is 5.94. The van der Waals surface area contributed by atoms with Gasteiger partial charge < -0.3 is 24.6 Å². The minimum absolute atomic E-state index is 0.140. The summed E-state index contributed by atoms with van der Waals surface area (Å²) in [5.74, 6) is -1.55. The molecule has 9 heteroatoms. The van der Waals surface area contributed by atoms with Gasteiger partial charge in [-0.2, -0.15) is 0 Å². The van der Waals surface area contributed by atoms with E-state index in [1.165, 1.54) is 0 Å². The van der Waals surface area contributed by atoms with Crippen LogP contribution in [0.25, 0.3) is 33.1 Å². The zero-order valence-corrected chi connectivity index (χ0v) is 25.1. The Morgan fingerprint density at radius 3 is 2.31 bits per heavy atom. The minimum atomic E-state index is -1.07. The number of furan rings is 1. The summed E-state index contributed by atoms with van der Waals surface area (Å²) in [5, 5.41) is 16.7. The average Bonchev–Trinajstić information content (AvgIpc) is 3.45. The largest absolute Gasteiger partial charge is 0.480 e. The van der Waals surface area contributed by atoms with Gasteiger partial charge in [-0.05, 0) is 48.9 Å². The van der Waals surface area contributed by atoms with E-state index in [1.54, 1.807) is 12.3 Å². The molecule has 1 atom stereocenters. The maximum atomic E-state index is 12.8. The Balaban J connectivity index is 1.08. The van der Waals surface area contributed by atoms with Crippen LogP contribution in [0.15, 0.2) is 92.7 Å². The number of hydrogen-bond donors (Lipinski definition) is 3. The number of aliphatic carboxylic acids is 1. The highest BCUT2D eigenvalue weighted by atomic mass is 16.4. The molecular formula is C36H36N2O7. The van der Waals surface area contributed by atoms with Gasteiger partial charge in [0.15, 0.2) is 0 Å². The van der Waals surface area contributed by atoms with Crippen molar-refractivity contribution >= 4 is 39.7 Å². The van der Waals surface area contributed by atoms with Crippen LogP contribution in [-0.4, -0.2) is 35.5 Å². The maximum absolute atomic E-state index is 12.8. The first-order valence-electron chi connectivity index (χ1n) is 15.2. The Morgan fingerprint density at radius 2 is 1.58 bits per heavy atom. The van der Waals surface area contributed by atoms with Gasteiger partial charge in [0.2, 0.25) is 11.8 Å². The van der Waals surface area contributed by atoms with Gasteiger partial charge in [0.25, 0.3) is 0 Å². The summed E-state index contributed by atoms with van der Waals surface area (Å²) in [6.45, 7) is 2.31. The molecule has 0 aliphatic rings. The Bertz CT molecular complexity index is 1860. The lowest BCUT2D eigenvalue weighted by molar-refractivity contribution is -0.141. The molecular weight excluding hydrogens is 572 g/mol. The van der Waals surface area contributed by atoms with Crippen molar-refractivity contribution < 1.29 is 28.3 Å². The highest BCUT2D eigenvalue weighted by molar-refractivity contribution is 6.02. The number of carboxylic acids is 1.